The van der Waals surface area contributed by atoms with Crippen molar-refractivity contribution in [3.05, 3.63) is 58.9 Å². The quantitative estimate of drug-likeness (QED) is 0.664. The van der Waals surface area contributed by atoms with Gasteiger partial charge >= 0.3 is 0 Å². The molecule has 0 saturated heterocycles. The summed E-state index contributed by atoms with van der Waals surface area (Å²) in [4.78, 5) is 13.4. The number of carbonyl (C=O) groups is 1. The first-order chi connectivity index (χ1) is 11.6. The Kier molecular flexibility index (Phi) is 4.52. The molecule has 0 aliphatic rings. The van der Waals surface area contributed by atoms with Gasteiger partial charge in [0.05, 0.1) is 7.11 Å². The van der Waals surface area contributed by atoms with Crippen LogP contribution in [-0.2, 0) is 6.54 Å². The number of benzene rings is 2. The van der Waals surface area contributed by atoms with E-state index in [0.29, 0.717) is 10.8 Å². The minimum Gasteiger partial charge on any atom is -0.494 e. The molecule has 0 spiro atoms. The SMILES string of the molecule is COc1ccc(C(=O)Cn2nnc(-c3ccc(Cl)cc3)n2)cc1F. The lowest BCUT2D eigenvalue weighted by molar-refractivity contribution is 0.0961. The minimum atomic E-state index is -0.600. The van der Waals surface area contributed by atoms with Crippen LogP contribution in [0, 0.1) is 5.82 Å². The average Bonchev–Trinajstić information content (AvgIpc) is 3.04. The maximum absolute atomic E-state index is 13.7. The van der Waals surface area contributed by atoms with Crippen LogP contribution in [0.1, 0.15) is 10.4 Å². The molecule has 24 heavy (non-hydrogen) atoms. The number of carbonyl (C=O) groups excluding carboxylic acids is 1. The monoisotopic (exact) mass is 346 g/mol. The summed E-state index contributed by atoms with van der Waals surface area (Å²) >= 11 is 5.83. The van der Waals surface area contributed by atoms with Crippen LogP contribution >= 0.6 is 11.6 Å². The summed E-state index contributed by atoms with van der Waals surface area (Å²) in [6.45, 7) is -0.146. The molecule has 0 saturated carbocycles. The van der Waals surface area contributed by atoms with Gasteiger partial charge in [-0.3, -0.25) is 4.79 Å². The Morgan fingerprint density at radius 2 is 2.00 bits per heavy atom. The van der Waals surface area contributed by atoms with E-state index in [4.69, 9.17) is 16.3 Å². The number of ketones is 1. The van der Waals surface area contributed by atoms with Gasteiger partial charge in [0.1, 0.15) is 6.54 Å². The highest BCUT2D eigenvalue weighted by Crippen LogP contribution is 2.19. The molecule has 0 radical (unpaired) electrons. The van der Waals surface area contributed by atoms with Crippen molar-refractivity contribution in [3.8, 4) is 17.1 Å². The second-order valence-electron chi connectivity index (χ2n) is 4.92. The van der Waals surface area contributed by atoms with Gasteiger partial charge in [-0.05, 0) is 47.7 Å². The van der Waals surface area contributed by atoms with E-state index in [0.717, 1.165) is 16.4 Å². The largest absolute Gasteiger partial charge is 0.494 e. The Labute approximate surface area is 141 Å². The number of ether oxygens (including phenoxy) is 1. The lowest BCUT2D eigenvalue weighted by Crippen LogP contribution is -2.13. The number of halogens is 2. The highest BCUT2D eigenvalue weighted by molar-refractivity contribution is 6.30. The maximum Gasteiger partial charge on any atom is 0.204 e. The van der Waals surface area contributed by atoms with E-state index in [1.165, 1.54) is 19.2 Å². The van der Waals surface area contributed by atoms with Gasteiger partial charge in [-0.25, -0.2) is 4.39 Å². The summed E-state index contributed by atoms with van der Waals surface area (Å²) in [6.07, 6.45) is 0. The Hall–Kier alpha value is -2.80. The lowest BCUT2D eigenvalue weighted by atomic mass is 10.1. The van der Waals surface area contributed by atoms with Crippen molar-refractivity contribution in [2.45, 2.75) is 6.54 Å². The average molecular weight is 347 g/mol. The second kappa shape index (κ2) is 6.76. The fraction of sp³-hybridized carbons (Fsp3) is 0.125. The van der Waals surface area contributed by atoms with Crippen molar-refractivity contribution >= 4 is 17.4 Å². The van der Waals surface area contributed by atoms with Crippen molar-refractivity contribution in [2.24, 2.45) is 0 Å². The smallest absolute Gasteiger partial charge is 0.204 e. The molecule has 2 aromatic carbocycles. The zero-order valence-electron chi connectivity index (χ0n) is 12.6. The van der Waals surface area contributed by atoms with Gasteiger partial charge in [0.15, 0.2) is 17.3 Å². The van der Waals surface area contributed by atoms with E-state index >= 15 is 0 Å². The molecule has 1 heterocycles. The Morgan fingerprint density at radius 1 is 1.25 bits per heavy atom. The van der Waals surface area contributed by atoms with E-state index < -0.39 is 5.82 Å². The number of methoxy groups -OCH3 is 1. The number of nitrogens with zero attached hydrogens (tertiary/aromatic N) is 4. The van der Waals surface area contributed by atoms with Crippen LogP contribution in [0.4, 0.5) is 4.39 Å². The molecule has 3 aromatic rings. The molecule has 8 heteroatoms. The fourth-order valence-electron chi connectivity index (χ4n) is 2.08. The third kappa shape index (κ3) is 3.41. The maximum atomic E-state index is 13.7. The molecule has 0 aliphatic heterocycles. The zero-order chi connectivity index (χ0) is 17.1. The number of hydrogen-bond donors (Lipinski definition) is 0. The van der Waals surface area contributed by atoms with Gasteiger partial charge in [-0.1, -0.05) is 11.6 Å². The van der Waals surface area contributed by atoms with Gasteiger partial charge < -0.3 is 4.74 Å². The number of hydrogen-bond acceptors (Lipinski definition) is 5. The van der Waals surface area contributed by atoms with E-state index in [9.17, 15) is 9.18 Å². The second-order valence-corrected chi connectivity index (χ2v) is 5.36. The van der Waals surface area contributed by atoms with Crippen molar-refractivity contribution < 1.29 is 13.9 Å². The minimum absolute atomic E-state index is 0.0791. The summed E-state index contributed by atoms with van der Waals surface area (Å²) in [7, 11) is 1.36. The van der Waals surface area contributed by atoms with Crippen LogP contribution in [0.5, 0.6) is 5.75 Å². The molecule has 0 amide bonds. The van der Waals surface area contributed by atoms with Crippen LogP contribution in [0.25, 0.3) is 11.4 Å². The molecular weight excluding hydrogens is 335 g/mol. The van der Waals surface area contributed by atoms with Crippen LogP contribution < -0.4 is 4.74 Å². The molecule has 0 unspecified atom stereocenters. The number of tetrazole rings is 1. The zero-order valence-corrected chi connectivity index (χ0v) is 13.4. The first-order valence-corrected chi connectivity index (χ1v) is 7.35. The summed E-state index contributed by atoms with van der Waals surface area (Å²) in [5.74, 6) is -0.482. The standard InChI is InChI=1S/C16H12ClFN4O2/c1-24-15-7-4-11(8-13(15)18)14(23)9-22-20-16(19-21-22)10-2-5-12(17)6-3-10/h2-8H,9H2,1H3. The van der Waals surface area contributed by atoms with E-state index in [-0.39, 0.29) is 23.6 Å². The lowest BCUT2D eigenvalue weighted by Gasteiger charge is -2.04. The van der Waals surface area contributed by atoms with Gasteiger partial charge in [-0.15, -0.1) is 10.2 Å². The van der Waals surface area contributed by atoms with Gasteiger partial charge in [0.2, 0.25) is 5.82 Å². The first-order valence-electron chi connectivity index (χ1n) is 6.97. The summed E-state index contributed by atoms with van der Waals surface area (Å²) in [5.41, 5.74) is 0.937. The highest BCUT2D eigenvalue weighted by Gasteiger charge is 2.13. The van der Waals surface area contributed by atoms with E-state index in [1.54, 1.807) is 24.3 Å². The van der Waals surface area contributed by atoms with E-state index in [1.807, 2.05) is 0 Å². The highest BCUT2D eigenvalue weighted by atomic mass is 35.5. The molecule has 0 N–H and O–H groups in total. The third-order valence-electron chi connectivity index (χ3n) is 3.31. The van der Waals surface area contributed by atoms with Gasteiger partial charge in [-0.2, -0.15) is 4.80 Å². The molecule has 3 rings (SSSR count). The van der Waals surface area contributed by atoms with Crippen LogP contribution in [0.2, 0.25) is 5.02 Å². The van der Waals surface area contributed by atoms with Crippen LogP contribution in [0.3, 0.4) is 0 Å². The number of aromatic nitrogens is 4. The van der Waals surface area contributed by atoms with Crippen molar-refractivity contribution in [1.82, 2.24) is 20.2 Å². The predicted octanol–water partition coefficient (Wildman–Crippen LogP) is 3.02. The summed E-state index contributed by atoms with van der Waals surface area (Å²) < 4.78 is 18.5. The topological polar surface area (TPSA) is 69.9 Å². The Balaban J connectivity index is 1.75. The van der Waals surface area contributed by atoms with Crippen molar-refractivity contribution in [2.75, 3.05) is 7.11 Å². The molecule has 0 bridgehead atoms. The number of Topliss-reactive ketones (excluding diaryl/α,β-unsaturated/α-hetero) is 1. The molecule has 0 aliphatic carbocycles. The van der Waals surface area contributed by atoms with Gasteiger partial charge in [0.25, 0.3) is 0 Å². The fourth-order valence-corrected chi connectivity index (χ4v) is 2.21. The molecular formula is C16H12ClFN4O2. The molecule has 6 nitrogen and oxygen atoms in total. The summed E-state index contributed by atoms with van der Waals surface area (Å²) in [5, 5.41) is 12.5. The summed E-state index contributed by atoms with van der Waals surface area (Å²) in [6, 6.07) is 10.9. The molecule has 0 fully saturated rings. The Morgan fingerprint density at radius 3 is 2.67 bits per heavy atom. The predicted molar refractivity (Wildman–Crippen MR) is 85.5 cm³/mol. The third-order valence-corrected chi connectivity index (χ3v) is 3.57. The van der Waals surface area contributed by atoms with Crippen LogP contribution in [0.15, 0.2) is 42.5 Å². The molecule has 1 aromatic heterocycles. The normalized spacial score (nSPS) is 10.6. The van der Waals surface area contributed by atoms with Gasteiger partial charge in [0, 0.05) is 16.1 Å². The van der Waals surface area contributed by atoms with Crippen LogP contribution in [-0.4, -0.2) is 33.1 Å². The molecule has 0 atom stereocenters. The number of rotatable bonds is 5. The first kappa shape index (κ1) is 16.1. The molecule has 122 valence electrons. The van der Waals surface area contributed by atoms with Crippen molar-refractivity contribution in [3.63, 3.8) is 0 Å². The van der Waals surface area contributed by atoms with Crippen molar-refractivity contribution in [1.29, 1.82) is 0 Å². The van der Waals surface area contributed by atoms with E-state index in [2.05, 4.69) is 15.4 Å². The Bertz CT molecular complexity index is 880.